The van der Waals surface area contributed by atoms with E-state index < -0.39 is 11.7 Å². The molecule has 0 unspecified atom stereocenters. The first-order chi connectivity index (χ1) is 12.9. The van der Waals surface area contributed by atoms with Crippen LogP contribution >= 0.6 is 11.6 Å². The van der Waals surface area contributed by atoms with E-state index in [2.05, 4.69) is 15.3 Å². The topological polar surface area (TPSA) is 40.5 Å². The van der Waals surface area contributed by atoms with E-state index in [1.807, 2.05) is 17.0 Å². The zero-order chi connectivity index (χ0) is 19.0. The fraction of sp³-hybridized carbons (Fsp3) is 0.263. The highest BCUT2D eigenvalue weighted by atomic mass is 35.5. The normalized spacial score (nSPS) is 16.1. The highest BCUT2D eigenvalue weighted by Crippen LogP contribution is 2.36. The summed E-state index contributed by atoms with van der Waals surface area (Å²) in [6.45, 7) is 1.90. The number of rotatable bonds is 3. The summed E-state index contributed by atoms with van der Waals surface area (Å²) in [5.41, 5.74) is 2.12. The summed E-state index contributed by atoms with van der Waals surface area (Å²) in [6, 6.07) is 5.63. The predicted octanol–water partition coefficient (Wildman–Crippen LogP) is 4.65. The van der Waals surface area contributed by atoms with Crippen LogP contribution in [0.1, 0.15) is 16.7 Å². The van der Waals surface area contributed by atoms with E-state index in [1.165, 1.54) is 12.1 Å². The highest BCUT2D eigenvalue weighted by molar-refractivity contribution is 6.30. The molecule has 0 radical (unpaired) electrons. The summed E-state index contributed by atoms with van der Waals surface area (Å²) in [5.74, 6) is 0.663. The number of hydrogen-bond donors (Lipinski definition) is 1. The lowest BCUT2D eigenvalue weighted by Gasteiger charge is -2.32. The van der Waals surface area contributed by atoms with Crippen molar-refractivity contribution < 1.29 is 13.2 Å². The van der Waals surface area contributed by atoms with Crippen LogP contribution in [0.25, 0.3) is 5.57 Å². The number of fused-ring (bicyclic) bond motifs is 1. The molecule has 4 rings (SSSR count). The van der Waals surface area contributed by atoms with Crippen molar-refractivity contribution in [3.63, 3.8) is 0 Å². The molecule has 2 aliphatic heterocycles. The molecule has 0 fully saturated rings. The summed E-state index contributed by atoms with van der Waals surface area (Å²) in [4.78, 5) is 10.5. The van der Waals surface area contributed by atoms with E-state index >= 15 is 0 Å². The fourth-order valence-electron chi connectivity index (χ4n) is 3.30. The second kappa shape index (κ2) is 6.88. The standard InChI is InChI=1S/C19H16ClF3N4/c20-15-1-2-16(19(21,22)23)14(7-15)11-27-6-5-25-18-17(27)8-13(10-26-18)12-3-4-24-9-12/h1-3,7-10H,4-6,11H2,(H,25,26). The molecule has 0 amide bonds. The molecule has 0 spiro atoms. The molecule has 0 saturated carbocycles. The van der Waals surface area contributed by atoms with Crippen LogP contribution < -0.4 is 10.2 Å². The first-order valence-electron chi connectivity index (χ1n) is 8.46. The minimum absolute atomic E-state index is 0.0996. The average molecular weight is 393 g/mol. The Morgan fingerprint density at radius 1 is 1.22 bits per heavy atom. The molecular weight excluding hydrogens is 377 g/mol. The third kappa shape index (κ3) is 3.64. The molecule has 1 aromatic heterocycles. The number of aliphatic imine (C=N–C) groups is 1. The minimum atomic E-state index is -4.43. The summed E-state index contributed by atoms with van der Waals surface area (Å²) in [6.07, 6.45) is 1.09. The van der Waals surface area contributed by atoms with Crippen LogP contribution in [0.3, 0.4) is 0 Å². The lowest BCUT2D eigenvalue weighted by molar-refractivity contribution is -0.138. The average Bonchev–Trinajstić information content (AvgIpc) is 3.15. The van der Waals surface area contributed by atoms with Crippen molar-refractivity contribution in [1.29, 1.82) is 0 Å². The molecular formula is C19H16ClF3N4. The summed E-state index contributed by atoms with van der Waals surface area (Å²) >= 11 is 5.96. The van der Waals surface area contributed by atoms with E-state index in [4.69, 9.17) is 11.6 Å². The van der Waals surface area contributed by atoms with Crippen LogP contribution in [0.15, 0.2) is 41.5 Å². The van der Waals surface area contributed by atoms with Gasteiger partial charge >= 0.3 is 6.18 Å². The zero-order valence-electron chi connectivity index (χ0n) is 14.2. The molecule has 2 aliphatic rings. The number of allylic oxidation sites excluding steroid dienone is 1. The Morgan fingerprint density at radius 2 is 2.07 bits per heavy atom. The summed E-state index contributed by atoms with van der Waals surface area (Å²) in [7, 11) is 0. The molecule has 4 nitrogen and oxygen atoms in total. The van der Waals surface area contributed by atoms with Gasteiger partial charge < -0.3 is 10.2 Å². The Kier molecular flexibility index (Phi) is 4.55. The lowest BCUT2D eigenvalue weighted by Crippen LogP contribution is -2.34. The molecule has 140 valence electrons. The van der Waals surface area contributed by atoms with Gasteiger partial charge in [-0.3, -0.25) is 4.99 Å². The predicted molar refractivity (Wildman–Crippen MR) is 102 cm³/mol. The van der Waals surface area contributed by atoms with E-state index in [9.17, 15) is 13.2 Å². The summed E-state index contributed by atoms with van der Waals surface area (Å²) < 4.78 is 40.2. The molecule has 0 atom stereocenters. The number of halogens is 4. The number of nitrogens with one attached hydrogen (secondary N) is 1. The number of alkyl halides is 3. The molecule has 2 aromatic rings. The van der Waals surface area contributed by atoms with Gasteiger partial charge in [-0.2, -0.15) is 13.2 Å². The van der Waals surface area contributed by atoms with Gasteiger partial charge in [0.15, 0.2) is 0 Å². The molecule has 0 bridgehead atoms. The van der Waals surface area contributed by atoms with Crippen LogP contribution in [0, 0.1) is 0 Å². The second-order valence-electron chi connectivity index (χ2n) is 6.39. The molecule has 8 heteroatoms. The Morgan fingerprint density at radius 3 is 2.81 bits per heavy atom. The number of nitrogens with zero attached hydrogens (tertiary/aromatic N) is 3. The molecule has 1 N–H and O–H groups in total. The van der Waals surface area contributed by atoms with E-state index in [1.54, 1.807) is 12.4 Å². The Balaban J connectivity index is 1.70. The maximum Gasteiger partial charge on any atom is 0.416 e. The maximum atomic E-state index is 13.4. The molecule has 27 heavy (non-hydrogen) atoms. The van der Waals surface area contributed by atoms with E-state index in [0.717, 1.165) is 22.9 Å². The Hall–Kier alpha value is -2.54. The van der Waals surface area contributed by atoms with Gasteiger partial charge in [-0.15, -0.1) is 0 Å². The van der Waals surface area contributed by atoms with Crippen molar-refractivity contribution in [2.75, 3.05) is 29.9 Å². The van der Waals surface area contributed by atoms with Crippen LogP contribution in [-0.4, -0.2) is 30.8 Å². The van der Waals surface area contributed by atoms with Crippen LogP contribution in [0.2, 0.25) is 5.02 Å². The van der Waals surface area contributed by atoms with Gasteiger partial charge in [-0.05, 0) is 35.4 Å². The monoisotopic (exact) mass is 392 g/mol. The Labute approximate surface area is 159 Å². The summed E-state index contributed by atoms with van der Waals surface area (Å²) in [5, 5.41) is 3.48. The van der Waals surface area contributed by atoms with Gasteiger partial charge in [0.25, 0.3) is 0 Å². The van der Waals surface area contributed by atoms with Crippen molar-refractivity contribution >= 4 is 34.9 Å². The third-order valence-electron chi connectivity index (χ3n) is 4.60. The van der Waals surface area contributed by atoms with Gasteiger partial charge in [-0.1, -0.05) is 17.7 Å². The number of benzene rings is 1. The Bertz CT molecular complexity index is 937. The quantitative estimate of drug-likeness (QED) is 0.826. The van der Waals surface area contributed by atoms with Gasteiger partial charge in [-0.25, -0.2) is 4.98 Å². The smallest absolute Gasteiger partial charge is 0.367 e. The van der Waals surface area contributed by atoms with Crippen molar-refractivity contribution in [2.45, 2.75) is 12.7 Å². The van der Waals surface area contributed by atoms with Gasteiger partial charge in [0.2, 0.25) is 0 Å². The van der Waals surface area contributed by atoms with Crippen molar-refractivity contribution in [3.05, 3.63) is 58.3 Å². The number of anilines is 2. The van der Waals surface area contributed by atoms with Crippen molar-refractivity contribution in [3.8, 4) is 0 Å². The zero-order valence-corrected chi connectivity index (χ0v) is 15.0. The van der Waals surface area contributed by atoms with Crippen LogP contribution in [0.5, 0.6) is 0 Å². The first-order valence-corrected chi connectivity index (χ1v) is 8.84. The molecule has 0 saturated heterocycles. The fourth-order valence-corrected chi connectivity index (χ4v) is 3.50. The van der Waals surface area contributed by atoms with Crippen molar-refractivity contribution in [2.24, 2.45) is 4.99 Å². The molecule has 3 heterocycles. The van der Waals surface area contributed by atoms with Gasteiger partial charge in [0.05, 0.1) is 17.8 Å². The third-order valence-corrected chi connectivity index (χ3v) is 4.83. The first kappa shape index (κ1) is 17.9. The maximum absolute atomic E-state index is 13.4. The van der Waals surface area contributed by atoms with Crippen LogP contribution in [-0.2, 0) is 12.7 Å². The number of pyridine rings is 1. The van der Waals surface area contributed by atoms with Gasteiger partial charge in [0, 0.05) is 42.6 Å². The number of aromatic nitrogens is 1. The van der Waals surface area contributed by atoms with Crippen LogP contribution in [0.4, 0.5) is 24.7 Å². The second-order valence-corrected chi connectivity index (χ2v) is 6.83. The lowest BCUT2D eigenvalue weighted by atomic mass is 10.0. The minimum Gasteiger partial charge on any atom is -0.367 e. The largest absolute Gasteiger partial charge is 0.416 e. The van der Waals surface area contributed by atoms with Crippen molar-refractivity contribution in [1.82, 2.24) is 4.98 Å². The molecule has 1 aromatic carbocycles. The SMILES string of the molecule is FC(F)(F)c1ccc(Cl)cc1CN1CCNc2ncc(C3=CCN=C3)cc21. The molecule has 0 aliphatic carbocycles. The highest BCUT2D eigenvalue weighted by Gasteiger charge is 2.34. The number of hydrogen-bond acceptors (Lipinski definition) is 4. The van der Waals surface area contributed by atoms with E-state index in [-0.39, 0.29) is 17.1 Å². The van der Waals surface area contributed by atoms with Gasteiger partial charge in [0.1, 0.15) is 5.82 Å². The van der Waals surface area contributed by atoms with E-state index in [0.29, 0.717) is 25.5 Å².